The molecule has 3 aromatic rings. The van der Waals surface area contributed by atoms with Gasteiger partial charge in [0.25, 0.3) is 5.91 Å². The highest BCUT2D eigenvalue weighted by Gasteiger charge is 2.18. The van der Waals surface area contributed by atoms with E-state index in [1.807, 2.05) is 44.2 Å². The number of nitrogens with zero attached hydrogens (tertiary/aromatic N) is 3. The van der Waals surface area contributed by atoms with E-state index in [2.05, 4.69) is 5.10 Å². The average molecular weight is 423 g/mol. The topological polar surface area (TPSA) is 94.6 Å². The number of amides is 1. The van der Waals surface area contributed by atoms with Crippen LogP contribution in [0.1, 0.15) is 24.5 Å². The number of carbonyl (C=O) groups excluding carboxylic acids is 2. The van der Waals surface area contributed by atoms with Gasteiger partial charge in [0.15, 0.2) is 6.61 Å². The molecule has 0 fully saturated rings. The molecule has 0 spiro atoms. The van der Waals surface area contributed by atoms with Crippen LogP contribution in [-0.4, -0.2) is 39.7 Å². The molecule has 1 aromatic heterocycles. The lowest BCUT2D eigenvalue weighted by molar-refractivity contribution is -0.153. The molecule has 0 radical (unpaired) electrons. The number of aryl methyl sites for hydroxylation is 1. The molecule has 0 bridgehead atoms. The van der Waals surface area contributed by atoms with Crippen molar-refractivity contribution in [3.05, 3.63) is 76.3 Å². The highest BCUT2D eigenvalue weighted by molar-refractivity contribution is 5.80. The number of hydrogen-bond acceptors (Lipinski definition) is 6. The van der Waals surface area contributed by atoms with Crippen LogP contribution >= 0.6 is 0 Å². The second kappa shape index (κ2) is 10.4. The van der Waals surface area contributed by atoms with E-state index in [9.17, 15) is 14.4 Å². The van der Waals surface area contributed by atoms with Crippen LogP contribution < -0.4 is 5.76 Å². The maximum Gasteiger partial charge on any atom is 0.437 e. The van der Waals surface area contributed by atoms with Crippen LogP contribution in [0.3, 0.4) is 0 Å². The summed E-state index contributed by atoms with van der Waals surface area (Å²) in [4.78, 5) is 38.3. The molecule has 3 rings (SSSR count). The summed E-state index contributed by atoms with van der Waals surface area (Å²) in [5, 5.41) is 4.02. The lowest BCUT2D eigenvalue weighted by Crippen LogP contribution is -2.35. The Balaban J connectivity index is 1.56. The molecule has 0 atom stereocenters. The Hall–Kier alpha value is -3.68. The van der Waals surface area contributed by atoms with Gasteiger partial charge in [0, 0.05) is 18.7 Å². The van der Waals surface area contributed by atoms with Crippen LogP contribution in [0.5, 0.6) is 0 Å². The number of carbonyl (C=O) groups is 2. The molecule has 8 heteroatoms. The summed E-state index contributed by atoms with van der Waals surface area (Å²) in [6.07, 6.45) is 0.780. The second-order valence-electron chi connectivity index (χ2n) is 7.16. The van der Waals surface area contributed by atoms with E-state index in [1.54, 1.807) is 29.2 Å². The zero-order valence-electron chi connectivity index (χ0n) is 17.6. The van der Waals surface area contributed by atoms with Gasteiger partial charge in [0.05, 0.1) is 0 Å². The number of ether oxygens (including phenoxy) is 1. The number of esters is 1. The number of hydrogen-bond donors (Lipinski definition) is 0. The quantitative estimate of drug-likeness (QED) is 0.491. The van der Waals surface area contributed by atoms with Gasteiger partial charge < -0.3 is 14.1 Å². The Kier molecular flexibility index (Phi) is 7.37. The lowest BCUT2D eigenvalue weighted by atomic mass is 10.1. The fourth-order valence-corrected chi connectivity index (χ4v) is 2.98. The first-order valence-corrected chi connectivity index (χ1v) is 10.1. The highest BCUT2D eigenvalue weighted by atomic mass is 16.5. The Morgan fingerprint density at radius 3 is 2.48 bits per heavy atom. The standard InChI is InChI=1S/C23H25N3O5/c1-3-13-25(14-18-11-9-17(2)10-12-18)20(27)16-30-21(28)15-26-23(29)31-22(24-26)19-7-5-4-6-8-19/h4-12H,3,13-16H2,1-2H3. The van der Waals surface area contributed by atoms with Gasteiger partial charge in [-0.3, -0.25) is 9.59 Å². The van der Waals surface area contributed by atoms with Crippen LogP contribution in [0.15, 0.2) is 63.8 Å². The van der Waals surface area contributed by atoms with Crippen LogP contribution in [0.2, 0.25) is 0 Å². The molecule has 1 heterocycles. The molecular formula is C23H25N3O5. The van der Waals surface area contributed by atoms with Gasteiger partial charge >= 0.3 is 11.7 Å². The molecule has 162 valence electrons. The normalized spacial score (nSPS) is 10.6. The molecule has 0 aliphatic carbocycles. The molecule has 8 nitrogen and oxygen atoms in total. The van der Waals surface area contributed by atoms with Crippen molar-refractivity contribution in [1.82, 2.24) is 14.7 Å². The third-order valence-corrected chi connectivity index (χ3v) is 4.60. The Morgan fingerprint density at radius 1 is 1.10 bits per heavy atom. The van der Waals surface area contributed by atoms with Gasteiger partial charge in [0.1, 0.15) is 6.54 Å². The van der Waals surface area contributed by atoms with E-state index in [-0.39, 0.29) is 11.8 Å². The Morgan fingerprint density at radius 2 is 1.81 bits per heavy atom. The van der Waals surface area contributed by atoms with Crippen LogP contribution in [0.25, 0.3) is 11.5 Å². The lowest BCUT2D eigenvalue weighted by Gasteiger charge is -2.22. The van der Waals surface area contributed by atoms with E-state index in [4.69, 9.17) is 9.15 Å². The van der Waals surface area contributed by atoms with Gasteiger partial charge in [-0.15, -0.1) is 5.10 Å². The van der Waals surface area contributed by atoms with Crippen LogP contribution in [0, 0.1) is 6.92 Å². The van der Waals surface area contributed by atoms with E-state index in [0.29, 0.717) is 18.7 Å². The van der Waals surface area contributed by atoms with Crippen molar-refractivity contribution in [1.29, 1.82) is 0 Å². The minimum atomic E-state index is -0.769. The molecule has 0 N–H and O–H groups in total. The fourth-order valence-electron chi connectivity index (χ4n) is 2.98. The zero-order chi connectivity index (χ0) is 22.2. The average Bonchev–Trinajstić information content (AvgIpc) is 3.14. The molecule has 31 heavy (non-hydrogen) atoms. The van der Waals surface area contributed by atoms with Crippen molar-refractivity contribution in [3.8, 4) is 11.5 Å². The first kappa shape index (κ1) is 22.0. The van der Waals surface area contributed by atoms with Crippen molar-refractivity contribution in [2.24, 2.45) is 0 Å². The minimum absolute atomic E-state index is 0.113. The fraction of sp³-hybridized carbons (Fsp3) is 0.304. The minimum Gasteiger partial charge on any atom is -0.454 e. The first-order valence-electron chi connectivity index (χ1n) is 10.1. The SMILES string of the molecule is CCCN(Cc1ccc(C)cc1)C(=O)COC(=O)Cn1nc(-c2ccccc2)oc1=O. The van der Waals surface area contributed by atoms with Crippen molar-refractivity contribution < 1.29 is 18.7 Å². The summed E-state index contributed by atoms with van der Waals surface area (Å²) >= 11 is 0. The predicted octanol–water partition coefficient (Wildman–Crippen LogP) is 2.79. The largest absolute Gasteiger partial charge is 0.454 e. The second-order valence-corrected chi connectivity index (χ2v) is 7.16. The summed E-state index contributed by atoms with van der Waals surface area (Å²) < 4.78 is 11.1. The molecule has 0 saturated heterocycles. The van der Waals surface area contributed by atoms with Gasteiger partial charge in [-0.2, -0.15) is 4.68 Å². The summed E-state index contributed by atoms with van der Waals surface area (Å²) in [5.74, 6) is -1.70. The van der Waals surface area contributed by atoms with Gasteiger partial charge in [-0.05, 0) is 31.0 Å². The molecule has 0 saturated carbocycles. The molecule has 2 aromatic carbocycles. The van der Waals surface area contributed by atoms with Crippen molar-refractivity contribution in [2.45, 2.75) is 33.4 Å². The van der Waals surface area contributed by atoms with Gasteiger partial charge in [-0.1, -0.05) is 55.0 Å². The number of rotatable bonds is 9. The Bertz CT molecular complexity index is 1070. The third-order valence-electron chi connectivity index (χ3n) is 4.60. The van der Waals surface area contributed by atoms with Crippen molar-refractivity contribution in [2.75, 3.05) is 13.2 Å². The maximum absolute atomic E-state index is 12.6. The zero-order valence-corrected chi connectivity index (χ0v) is 17.6. The summed E-state index contributed by atoms with van der Waals surface area (Å²) in [7, 11) is 0. The molecule has 0 unspecified atom stereocenters. The third kappa shape index (κ3) is 6.15. The number of benzene rings is 2. The summed E-state index contributed by atoms with van der Waals surface area (Å²) in [6.45, 7) is 4.13. The van der Waals surface area contributed by atoms with Crippen molar-refractivity contribution >= 4 is 11.9 Å². The van der Waals surface area contributed by atoms with Gasteiger partial charge in [-0.25, -0.2) is 4.79 Å². The summed E-state index contributed by atoms with van der Waals surface area (Å²) in [6, 6.07) is 16.8. The smallest absolute Gasteiger partial charge is 0.437 e. The molecule has 0 aliphatic heterocycles. The first-order chi connectivity index (χ1) is 15.0. The van der Waals surface area contributed by atoms with Crippen LogP contribution in [0.4, 0.5) is 0 Å². The van der Waals surface area contributed by atoms with Gasteiger partial charge in [0.2, 0.25) is 5.89 Å². The van der Waals surface area contributed by atoms with Crippen molar-refractivity contribution in [3.63, 3.8) is 0 Å². The molecule has 0 aliphatic rings. The highest BCUT2D eigenvalue weighted by Crippen LogP contribution is 2.14. The maximum atomic E-state index is 12.6. The van der Waals surface area contributed by atoms with E-state index in [1.165, 1.54) is 0 Å². The van der Waals surface area contributed by atoms with E-state index < -0.39 is 24.9 Å². The van der Waals surface area contributed by atoms with E-state index in [0.717, 1.165) is 22.2 Å². The van der Waals surface area contributed by atoms with E-state index >= 15 is 0 Å². The number of aromatic nitrogens is 2. The molecular weight excluding hydrogens is 398 g/mol. The molecule has 1 amide bonds. The van der Waals surface area contributed by atoms with Crippen LogP contribution in [-0.2, 0) is 27.4 Å². The monoisotopic (exact) mass is 423 g/mol. The predicted molar refractivity (Wildman–Crippen MR) is 114 cm³/mol. The summed E-state index contributed by atoms with van der Waals surface area (Å²) in [5.41, 5.74) is 2.76. The Labute approximate surface area is 180 Å².